The molecule has 21 heavy (non-hydrogen) atoms. The maximum absolute atomic E-state index is 12.7. The van der Waals surface area contributed by atoms with Gasteiger partial charge in [0.2, 0.25) is 5.91 Å². The SMILES string of the molecule is CC(C)CC(CN)NC(=O)CCOc1ccc(F)cc1.Cl. The molecule has 0 spiro atoms. The molecule has 3 N–H and O–H groups in total. The molecule has 1 aromatic carbocycles. The van der Waals surface area contributed by atoms with E-state index in [4.69, 9.17) is 10.5 Å². The molecule has 6 heteroatoms. The number of amides is 1. The highest BCUT2D eigenvalue weighted by molar-refractivity contribution is 5.85. The second-order valence-corrected chi connectivity index (χ2v) is 5.18. The first kappa shape index (κ1) is 19.7. The Bertz CT molecular complexity index is 413. The zero-order chi connectivity index (χ0) is 15.0. The van der Waals surface area contributed by atoms with Crippen molar-refractivity contribution in [3.05, 3.63) is 30.1 Å². The number of nitrogens with two attached hydrogens (primary N) is 1. The smallest absolute Gasteiger partial charge is 0.223 e. The summed E-state index contributed by atoms with van der Waals surface area (Å²) in [6, 6.07) is 5.72. The number of carbonyl (C=O) groups is 1. The Hall–Kier alpha value is -1.33. The van der Waals surface area contributed by atoms with Gasteiger partial charge in [-0.25, -0.2) is 4.39 Å². The summed E-state index contributed by atoms with van der Waals surface area (Å²) in [4.78, 5) is 11.7. The van der Waals surface area contributed by atoms with Crippen molar-refractivity contribution in [3.8, 4) is 5.75 Å². The van der Waals surface area contributed by atoms with Crippen LogP contribution in [0.2, 0.25) is 0 Å². The van der Waals surface area contributed by atoms with Crippen LogP contribution in [0.5, 0.6) is 5.75 Å². The highest BCUT2D eigenvalue weighted by Crippen LogP contribution is 2.11. The highest BCUT2D eigenvalue weighted by Gasteiger charge is 2.12. The third kappa shape index (κ3) is 8.52. The van der Waals surface area contributed by atoms with E-state index in [1.807, 2.05) is 0 Å². The van der Waals surface area contributed by atoms with E-state index in [0.717, 1.165) is 6.42 Å². The molecule has 1 atom stereocenters. The third-order valence-corrected chi connectivity index (χ3v) is 2.82. The molecular formula is C15H24ClFN2O2. The van der Waals surface area contributed by atoms with Gasteiger partial charge in [0, 0.05) is 12.6 Å². The van der Waals surface area contributed by atoms with E-state index < -0.39 is 0 Å². The molecule has 0 aliphatic rings. The number of hydrogen-bond donors (Lipinski definition) is 2. The minimum Gasteiger partial charge on any atom is -0.493 e. The molecule has 0 bridgehead atoms. The summed E-state index contributed by atoms with van der Waals surface area (Å²) in [6.07, 6.45) is 1.12. The molecule has 120 valence electrons. The van der Waals surface area contributed by atoms with E-state index in [-0.39, 0.29) is 43.2 Å². The Morgan fingerprint density at radius 2 is 1.95 bits per heavy atom. The lowest BCUT2D eigenvalue weighted by Crippen LogP contribution is -2.41. The van der Waals surface area contributed by atoms with E-state index in [2.05, 4.69) is 19.2 Å². The summed E-state index contributed by atoms with van der Waals surface area (Å²) in [5, 5.41) is 2.89. The molecule has 0 saturated heterocycles. The van der Waals surface area contributed by atoms with Crippen molar-refractivity contribution in [3.63, 3.8) is 0 Å². The monoisotopic (exact) mass is 318 g/mol. The van der Waals surface area contributed by atoms with Crippen molar-refractivity contribution in [1.82, 2.24) is 5.32 Å². The third-order valence-electron chi connectivity index (χ3n) is 2.82. The van der Waals surface area contributed by atoms with Gasteiger partial charge in [0.25, 0.3) is 0 Å². The van der Waals surface area contributed by atoms with Crippen LogP contribution < -0.4 is 15.8 Å². The molecule has 0 saturated carbocycles. The fourth-order valence-electron chi connectivity index (χ4n) is 1.88. The molecule has 0 aromatic heterocycles. The maximum Gasteiger partial charge on any atom is 0.223 e. The summed E-state index contributed by atoms with van der Waals surface area (Å²) in [6.45, 7) is 4.87. The van der Waals surface area contributed by atoms with Crippen LogP contribution in [-0.4, -0.2) is 25.1 Å². The normalized spacial score (nSPS) is 11.7. The van der Waals surface area contributed by atoms with Gasteiger partial charge in [-0.2, -0.15) is 0 Å². The van der Waals surface area contributed by atoms with Crippen molar-refractivity contribution < 1.29 is 13.9 Å². The molecular weight excluding hydrogens is 295 g/mol. The summed E-state index contributed by atoms with van der Waals surface area (Å²) < 4.78 is 18.1. The van der Waals surface area contributed by atoms with Gasteiger partial charge in [-0.05, 0) is 36.6 Å². The van der Waals surface area contributed by atoms with Gasteiger partial charge < -0.3 is 15.8 Å². The van der Waals surface area contributed by atoms with Gasteiger partial charge in [-0.3, -0.25) is 4.79 Å². The van der Waals surface area contributed by atoms with Crippen LogP contribution >= 0.6 is 12.4 Å². The molecule has 0 fully saturated rings. The predicted molar refractivity (Wildman–Crippen MR) is 84.2 cm³/mol. The fraction of sp³-hybridized carbons (Fsp3) is 0.533. The quantitative estimate of drug-likeness (QED) is 0.774. The molecule has 1 rings (SSSR count). The van der Waals surface area contributed by atoms with Crippen molar-refractivity contribution in [2.75, 3.05) is 13.2 Å². The van der Waals surface area contributed by atoms with E-state index >= 15 is 0 Å². The summed E-state index contributed by atoms with van der Waals surface area (Å²) >= 11 is 0. The van der Waals surface area contributed by atoms with Gasteiger partial charge in [0.15, 0.2) is 0 Å². The molecule has 1 aromatic rings. The first-order chi connectivity index (χ1) is 9.51. The summed E-state index contributed by atoms with van der Waals surface area (Å²) in [7, 11) is 0. The average Bonchev–Trinajstić information content (AvgIpc) is 2.39. The Morgan fingerprint density at radius 3 is 2.48 bits per heavy atom. The molecule has 4 nitrogen and oxygen atoms in total. The predicted octanol–water partition coefficient (Wildman–Crippen LogP) is 2.51. The Balaban J connectivity index is 0.00000400. The maximum atomic E-state index is 12.7. The second-order valence-electron chi connectivity index (χ2n) is 5.18. The molecule has 0 radical (unpaired) electrons. The number of rotatable bonds is 8. The van der Waals surface area contributed by atoms with E-state index in [9.17, 15) is 9.18 Å². The lowest BCUT2D eigenvalue weighted by atomic mass is 10.0. The number of benzene rings is 1. The highest BCUT2D eigenvalue weighted by atomic mass is 35.5. The number of nitrogens with one attached hydrogen (secondary N) is 1. The minimum atomic E-state index is -0.311. The molecule has 1 unspecified atom stereocenters. The van der Waals surface area contributed by atoms with Crippen LogP contribution in [0, 0.1) is 11.7 Å². The zero-order valence-electron chi connectivity index (χ0n) is 12.5. The van der Waals surface area contributed by atoms with Crippen molar-refractivity contribution in [1.29, 1.82) is 0 Å². The van der Waals surface area contributed by atoms with Crippen LogP contribution in [0.4, 0.5) is 4.39 Å². The van der Waals surface area contributed by atoms with Crippen LogP contribution in [0.1, 0.15) is 26.7 Å². The Morgan fingerprint density at radius 1 is 1.33 bits per heavy atom. The zero-order valence-corrected chi connectivity index (χ0v) is 13.3. The first-order valence-electron chi connectivity index (χ1n) is 6.89. The second kappa shape index (κ2) is 10.4. The van der Waals surface area contributed by atoms with Gasteiger partial charge in [-0.15, -0.1) is 12.4 Å². The van der Waals surface area contributed by atoms with E-state index in [1.54, 1.807) is 0 Å². The van der Waals surface area contributed by atoms with Crippen molar-refractivity contribution >= 4 is 18.3 Å². The van der Waals surface area contributed by atoms with Crippen LogP contribution in [0.25, 0.3) is 0 Å². The number of hydrogen-bond acceptors (Lipinski definition) is 3. The molecule has 0 aliphatic heterocycles. The lowest BCUT2D eigenvalue weighted by molar-refractivity contribution is -0.122. The number of halogens is 2. The topological polar surface area (TPSA) is 64.3 Å². The summed E-state index contributed by atoms with van der Waals surface area (Å²) in [5.41, 5.74) is 5.62. The average molecular weight is 319 g/mol. The molecule has 0 heterocycles. The minimum absolute atomic E-state index is 0. The van der Waals surface area contributed by atoms with Crippen LogP contribution in [0.15, 0.2) is 24.3 Å². The van der Waals surface area contributed by atoms with Gasteiger partial charge in [-0.1, -0.05) is 13.8 Å². The largest absolute Gasteiger partial charge is 0.493 e. The van der Waals surface area contributed by atoms with Gasteiger partial charge >= 0.3 is 0 Å². The number of carbonyl (C=O) groups excluding carboxylic acids is 1. The van der Waals surface area contributed by atoms with Gasteiger partial charge in [0.1, 0.15) is 11.6 Å². The molecule has 0 aliphatic carbocycles. The van der Waals surface area contributed by atoms with Crippen molar-refractivity contribution in [2.45, 2.75) is 32.7 Å². The number of ether oxygens (including phenoxy) is 1. The Labute approximate surface area is 131 Å². The van der Waals surface area contributed by atoms with E-state index in [0.29, 0.717) is 18.2 Å². The van der Waals surface area contributed by atoms with Crippen LogP contribution in [0.3, 0.4) is 0 Å². The lowest BCUT2D eigenvalue weighted by Gasteiger charge is -2.18. The van der Waals surface area contributed by atoms with E-state index in [1.165, 1.54) is 24.3 Å². The summed E-state index contributed by atoms with van der Waals surface area (Å²) in [5.74, 6) is 0.647. The first-order valence-corrected chi connectivity index (χ1v) is 6.89. The van der Waals surface area contributed by atoms with Crippen LogP contribution in [-0.2, 0) is 4.79 Å². The van der Waals surface area contributed by atoms with Gasteiger partial charge in [0.05, 0.1) is 13.0 Å². The fourth-order valence-corrected chi connectivity index (χ4v) is 1.88. The standard InChI is InChI=1S/C15H23FN2O2.ClH/c1-11(2)9-13(10-17)18-15(19)7-8-20-14-5-3-12(16)4-6-14;/h3-6,11,13H,7-10,17H2,1-2H3,(H,18,19);1H. The Kier molecular flexibility index (Phi) is 9.75. The molecule has 1 amide bonds. The van der Waals surface area contributed by atoms with Crippen molar-refractivity contribution in [2.24, 2.45) is 11.7 Å².